The van der Waals surface area contributed by atoms with Crippen LogP contribution in [-0.4, -0.2) is 37.2 Å². The fourth-order valence-corrected chi connectivity index (χ4v) is 4.06. The van der Waals surface area contributed by atoms with Gasteiger partial charge in [-0.3, -0.25) is 4.90 Å². The first kappa shape index (κ1) is 11.0. The molecule has 0 aromatic rings. The van der Waals surface area contributed by atoms with E-state index in [1.165, 1.54) is 38.8 Å². The molecule has 0 aromatic carbocycles. The third kappa shape index (κ3) is 1.62. The van der Waals surface area contributed by atoms with Gasteiger partial charge in [0.1, 0.15) is 0 Å². The van der Waals surface area contributed by atoms with Crippen molar-refractivity contribution >= 4 is 0 Å². The first-order valence-electron chi connectivity index (χ1n) is 7.08. The SMILES string of the molecule is CCC(C)C12CC1CN(C1CCOCC1)C2. The van der Waals surface area contributed by atoms with Gasteiger partial charge in [-0.1, -0.05) is 20.3 Å². The minimum absolute atomic E-state index is 0.729. The van der Waals surface area contributed by atoms with E-state index in [-0.39, 0.29) is 0 Å². The summed E-state index contributed by atoms with van der Waals surface area (Å²) in [5, 5.41) is 0. The molecule has 3 fully saturated rings. The van der Waals surface area contributed by atoms with Crippen molar-refractivity contribution in [2.45, 2.75) is 45.6 Å². The van der Waals surface area contributed by atoms with Crippen LogP contribution in [0.2, 0.25) is 0 Å². The molecule has 2 heterocycles. The monoisotopic (exact) mass is 223 g/mol. The van der Waals surface area contributed by atoms with Gasteiger partial charge in [0.25, 0.3) is 0 Å². The normalized spacial score (nSPS) is 42.0. The van der Waals surface area contributed by atoms with E-state index in [9.17, 15) is 0 Å². The van der Waals surface area contributed by atoms with Gasteiger partial charge in [0, 0.05) is 32.3 Å². The molecular weight excluding hydrogens is 198 g/mol. The van der Waals surface area contributed by atoms with Crippen molar-refractivity contribution in [3.05, 3.63) is 0 Å². The van der Waals surface area contributed by atoms with Crippen molar-refractivity contribution in [2.75, 3.05) is 26.3 Å². The average molecular weight is 223 g/mol. The van der Waals surface area contributed by atoms with Gasteiger partial charge in [-0.15, -0.1) is 0 Å². The van der Waals surface area contributed by atoms with Crippen LogP contribution in [0.5, 0.6) is 0 Å². The van der Waals surface area contributed by atoms with Gasteiger partial charge >= 0.3 is 0 Å². The van der Waals surface area contributed by atoms with E-state index in [0.717, 1.165) is 36.5 Å². The Bertz CT molecular complexity index is 261. The standard InChI is InChI=1S/C14H25NO/c1-3-11(2)14-8-12(14)9-15(10-14)13-4-6-16-7-5-13/h11-13H,3-10H2,1-2H3. The molecular formula is C14H25NO. The van der Waals surface area contributed by atoms with Gasteiger partial charge in [-0.05, 0) is 36.5 Å². The Hall–Kier alpha value is -0.0800. The quantitative estimate of drug-likeness (QED) is 0.729. The zero-order chi connectivity index (χ0) is 11.2. The van der Waals surface area contributed by atoms with E-state index < -0.39 is 0 Å². The zero-order valence-corrected chi connectivity index (χ0v) is 10.7. The van der Waals surface area contributed by atoms with Crippen LogP contribution in [0.3, 0.4) is 0 Å². The van der Waals surface area contributed by atoms with Gasteiger partial charge in [-0.2, -0.15) is 0 Å². The van der Waals surface area contributed by atoms with Crippen LogP contribution in [0.4, 0.5) is 0 Å². The number of hydrogen-bond acceptors (Lipinski definition) is 2. The highest BCUT2D eigenvalue weighted by atomic mass is 16.5. The highest BCUT2D eigenvalue weighted by Crippen LogP contribution is 2.63. The third-order valence-corrected chi connectivity index (χ3v) is 5.53. The van der Waals surface area contributed by atoms with Crippen molar-refractivity contribution in [3.63, 3.8) is 0 Å². The Morgan fingerprint density at radius 1 is 1.38 bits per heavy atom. The molecule has 2 nitrogen and oxygen atoms in total. The van der Waals surface area contributed by atoms with Crippen molar-refractivity contribution < 1.29 is 4.74 Å². The molecule has 2 heteroatoms. The summed E-state index contributed by atoms with van der Waals surface area (Å²) >= 11 is 0. The Kier molecular flexibility index (Phi) is 2.75. The summed E-state index contributed by atoms with van der Waals surface area (Å²) in [6.45, 7) is 9.57. The third-order valence-electron chi connectivity index (χ3n) is 5.53. The molecule has 0 amide bonds. The molecule has 92 valence electrons. The van der Waals surface area contributed by atoms with E-state index in [1.54, 1.807) is 0 Å². The lowest BCUT2D eigenvalue weighted by atomic mass is 9.87. The summed E-state index contributed by atoms with van der Waals surface area (Å²) in [4.78, 5) is 2.78. The van der Waals surface area contributed by atoms with Crippen LogP contribution in [0.25, 0.3) is 0 Å². The van der Waals surface area contributed by atoms with Crippen molar-refractivity contribution in [1.29, 1.82) is 0 Å². The summed E-state index contributed by atoms with van der Waals surface area (Å²) in [5.41, 5.74) is 0.729. The smallest absolute Gasteiger partial charge is 0.0480 e. The summed E-state index contributed by atoms with van der Waals surface area (Å²) in [5.74, 6) is 1.97. The van der Waals surface area contributed by atoms with Crippen molar-refractivity contribution in [1.82, 2.24) is 4.90 Å². The molecule has 0 N–H and O–H groups in total. The fourth-order valence-electron chi connectivity index (χ4n) is 4.06. The van der Waals surface area contributed by atoms with Gasteiger partial charge < -0.3 is 4.74 Å². The van der Waals surface area contributed by atoms with Gasteiger partial charge in [0.15, 0.2) is 0 Å². The number of ether oxygens (including phenoxy) is 1. The molecule has 2 aliphatic heterocycles. The fraction of sp³-hybridized carbons (Fsp3) is 1.00. The van der Waals surface area contributed by atoms with E-state index in [0.29, 0.717) is 0 Å². The van der Waals surface area contributed by atoms with Crippen LogP contribution < -0.4 is 0 Å². The first-order chi connectivity index (χ1) is 7.76. The highest BCUT2D eigenvalue weighted by Gasteiger charge is 2.62. The summed E-state index contributed by atoms with van der Waals surface area (Å²) in [6, 6.07) is 0.836. The molecule has 3 unspecified atom stereocenters. The molecule has 1 saturated carbocycles. The second kappa shape index (κ2) is 3.99. The maximum atomic E-state index is 5.46. The number of fused-ring (bicyclic) bond motifs is 1. The lowest BCUT2D eigenvalue weighted by Crippen LogP contribution is -2.40. The van der Waals surface area contributed by atoms with Crippen molar-refractivity contribution in [3.8, 4) is 0 Å². The van der Waals surface area contributed by atoms with E-state index in [1.807, 2.05) is 0 Å². The van der Waals surface area contributed by atoms with Crippen molar-refractivity contribution in [2.24, 2.45) is 17.3 Å². The molecule has 1 aliphatic carbocycles. The predicted molar refractivity (Wildman–Crippen MR) is 65.4 cm³/mol. The maximum Gasteiger partial charge on any atom is 0.0480 e. The molecule has 0 aromatic heterocycles. The lowest BCUT2D eigenvalue weighted by Gasteiger charge is -2.34. The van der Waals surface area contributed by atoms with Crippen LogP contribution in [0.1, 0.15) is 39.5 Å². The lowest BCUT2D eigenvalue weighted by molar-refractivity contribution is 0.0344. The molecule has 3 aliphatic rings. The van der Waals surface area contributed by atoms with Gasteiger partial charge in [-0.25, -0.2) is 0 Å². The molecule has 0 radical (unpaired) electrons. The number of likely N-dealkylation sites (tertiary alicyclic amines) is 1. The van der Waals surface area contributed by atoms with Crippen LogP contribution >= 0.6 is 0 Å². The van der Waals surface area contributed by atoms with Crippen LogP contribution in [-0.2, 0) is 4.74 Å². The number of piperidine rings is 1. The number of hydrogen-bond donors (Lipinski definition) is 0. The molecule has 0 bridgehead atoms. The Morgan fingerprint density at radius 3 is 2.81 bits per heavy atom. The maximum absolute atomic E-state index is 5.46. The van der Waals surface area contributed by atoms with Gasteiger partial charge in [0.2, 0.25) is 0 Å². The Labute approximate surface area is 99.3 Å². The molecule has 2 saturated heterocycles. The second-order valence-electron chi connectivity index (χ2n) is 6.22. The van der Waals surface area contributed by atoms with Crippen LogP contribution in [0.15, 0.2) is 0 Å². The predicted octanol–water partition coefficient (Wildman–Crippen LogP) is 2.53. The molecule has 3 rings (SSSR count). The Balaban J connectivity index is 1.61. The molecule has 3 atom stereocenters. The Morgan fingerprint density at radius 2 is 2.12 bits per heavy atom. The largest absolute Gasteiger partial charge is 0.381 e. The molecule has 0 spiro atoms. The number of rotatable bonds is 3. The topological polar surface area (TPSA) is 12.5 Å². The van der Waals surface area contributed by atoms with E-state index in [2.05, 4.69) is 18.7 Å². The average Bonchev–Trinajstić information content (AvgIpc) is 2.92. The zero-order valence-electron chi connectivity index (χ0n) is 10.7. The minimum Gasteiger partial charge on any atom is -0.381 e. The van der Waals surface area contributed by atoms with E-state index in [4.69, 9.17) is 4.74 Å². The summed E-state index contributed by atoms with van der Waals surface area (Å²) in [7, 11) is 0. The number of nitrogens with zero attached hydrogens (tertiary/aromatic N) is 1. The van der Waals surface area contributed by atoms with Crippen LogP contribution in [0, 0.1) is 17.3 Å². The highest BCUT2D eigenvalue weighted by molar-refractivity contribution is 5.13. The van der Waals surface area contributed by atoms with E-state index >= 15 is 0 Å². The molecule has 16 heavy (non-hydrogen) atoms. The summed E-state index contributed by atoms with van der Waals surface area (Å²) in [6.07, 6.45) is 5.41. The minimum atomic E-state index is 0.729. The second-order valence-corrected chi connectivity index (χ2v) is 6.22. The first-order valence-corrected chi connectivity index (χ1v) is 7.08. The van der Waals surface area contributed by atoms with Gasteiger partial charge in [0.05, 0.1) is 0 Å². The summed E-state index contributed by atoms with van der Waals surface area (Å²) < 4.78 is 5.46.